The number of para-hydroxylation sites is 1. The number of nitrogens with zero attached hydrogens (tertiary/aromatic N) is 4. The van der Waals surface area contributed by atoms with E-state index in [1.165, 1.54) is 67.3 Å². The number of carbonyl (C=O) groups excluding carboxylic acids is 3. The number of alkyl halides is 2. The number of aromatic nitrogens is 4. The zero-order valence-electron chi connectivity index (χ0n) is 23.9. The molecular formula is C30H24F3N7O5. The number of hydrogen-bond acceptors (Lipinski definition) is 8. The number of fused-ring (bicyclic) bond motifs is 1. The van der Waals surface area contributed by atoms with Crippen LogP contribution in [-0.4, -0.2) is 49.6 Å². The van der Waals surface area contributed by atoms with E-state index < -0.39 is 41.4 Å². The van der Waals surface area contributed by atoms with Crippen LogP contribution in [0.2, 0.25) is 0 Å². The van der Waals surface area contributed by atoms with Crippen molar-refractivity contribution in [1.29, 1.82) is 0 Å². The average molecular weight is 620 g/mol. The summed E-state index contributed by atoms with van der Waals surface area (Å²) in [5.41, 5.74) is 6.17. The van der Waals surface area contributed by atoms with Crippen molar-refractivity contribution in [3.8, 4) is 23.1 Å². The molecule has 0 atom stereocenters. The number of ketones is 1. The van der Waals surface area contributed by atoms with Gasteiger partial charge in [-0.2, -0.15) is 13.9 Å². The highest BCUT2D eigenvalue weighted by Crippen LogP contribution is 2.38. The van der Waals surface area contributed by atoms with Gasteiger partial charge in [0.1, 0.15) is 11.4 Å². The minimum atomic E-state index is -3.25. The second-order valence-electron chi connectivity index (χ2n) is 10.7. The van der Waals surface area contributed by atoms with E-state index in [0.29, 0.717) is 21.5 Å². The van der Waals surface area contributed by atoms with Gasteiger partial charge < -0.3 is 25.5 Å². The number of pyridine rings is 1. The predicted octanol–water partition coefficient (Wildman–Crippen LogP) is 5.24. The number of halogens is 3. The molecule has 2 aromatic carbocycles. The summed E-state index contributed by atoms with van der Waals surface area (Å²) < 4.78 is 52.1. The second-order valence-corrected chi connectivity index (χ2v) is 10.7. The van der Waals surface area contributed by atoms with Gasteiger partial charge in [0.05, 0.1) is 35.0 Å². The molecule has 15 heteroatoms. The molecule has 4 N–H and O–H groups in total. The van der Waals surface area contributed by atoms with Crippen LogP contribution in [0.5, 0.6) is 17.4 Å². The molecule has 1 fully saturated rings. The quantitative estimate of drug-likeness (QED) is 0.157. The lowest BCUT2D eigenvalue weighted by Gasteiger charge is -2.19. The molecule has 1 saturated heterocycles. The van der Waals surface area contributed by atoms with E-state index in [1.807, 2.05) is 0 Å². The van der Waals surface area contributed by atoms with Crippen LogP contribution in [0.1, 0.15) is 35.5 Å². The normalized spacial score (nSPS) is 14.3. The van der Waals surface area contributed by atoms with Gasteiger partial charge in [-0.25, -0.2) is 23.8 Å². The summed E-state index contributed by atoms with van der Waals surface area (Å²) in [6, 6.07) is 10.5. The Morgan fingerprint density at radius 1 is 1.04 bits per heavy atom. The Bertz CT molecular complexity index is 2020. The van der Waals surface area contributed by atoms with Gasteiger partial charge in [0, 0.05) is 17.0 Å². The van der Waals surface area contributed by atoms with E-state index in [1.54, 1.807) is 19.1 Å². The van der Waals surface area contributed by atoms with E-state index in [4.69, 9.17) is 10.5 Å². The van der Waals surface area contributed by atoms with Gasteiger partial charge >= 0.3 is 12.6 Å². The maximum absolute atomic E-state index is 14.0. The lowest BCUT2D eigenvalue weighted by Crippen LogP contribution is -2.40. The molecule has 0 unspecified atom stereocenters. The molecule has 1 aliphatic heterocycles. The number of aromatic amines is 1. The Balaban J connectivity index is 1.32. The van der Waals surface area contributed by atoms with Crippen molar-refractivity contribution in [3.05, 3.63) is 83.6 Å². The van der Waals surface area contributed by atoms with Gasteiger partial charge in [-0.15, -0.1) is 0 Å². The van der Waals surface area contributed by atoms with Crippen molar-refractivity contribution >= 4 is 40.1 Å². The summed E-state index contributed by atoms with van der Waals surface area (Å²) in [6.07, 6.45) is 2.67. The van der Waals surface area contributed by atoms with Gasteiger partial charge in [0.15, 0.2) is 17.3 Å². The van der Waals surface area contributed by atoms with Crippen LogP contribution in [-0.2, 0) is 4.79 Å². The smallest absolute Gasteiger partial charge is 0.387 e. The fourth-order valence-electron chi connectivity index (χ4n) is 4.91. The molecule has 1 aliphatic rings. The molecule has 12 nitrogen and oxygen atoms in total. The number of ether oxygens (including phenoxy) is 2. The van der Waals surface area contributed by atoms with Crippen molar-refractivity contribution in [1.82, 2.24) is 25.1 Å². The first-order chi connectivity index (χ1) is 21.3. The van der Waals surface area contributed by atoms with E-state index in [2.05, 4.69) is 25.1 Å². The van der Waals surface area contributed by atoms with Crippen molar-refractivity contribution < 1.29 is 37.0 Å². The largest absolute Gasteiger partial charge is 0.436 e. The summed E-state index contributed by atoms with van der Waals surface area (Å²) in [4.78, 5) is 46.8. The maximum Gasteiger partial charge on any atom is 0.387 e. The second kappa shape index (κ2) is 10.7. The highest BCUT2D eigenvalue weighted by molar-refractivity contribution is 6.24. The standard InChI is InChI=1S/C30H24F3N7O5/c1-14-8-24(44-22-7-5-4-6-17(22)31)35-13-21(14)40-26(34)16(12-36-40)25(41)19-9-15-10-23(45-28(32)33)20(11-18(15)37-19)39-27(42)30(2,3)38-29(39)43/h4-13,28,37H,34H2,1-3H3,(H,38,43). The molecule has 0 radical (unpaired) electrons. The molecule has 3 aromatic heterocycles. The van der Waals surface area contributed by atoms with Crippen LogP contribution < -0.4 is 25.4 Å². The number of aryl methyl sites for hydroxylation is 1. The number of carbonyl (C=O) groups is 3. The number of benzene rings is 2. The molecule has 230 valence electrons. The number of nitrogens with one attached hydrogen (secondary N) is 2. The molecule has 3 amide bonds. The Labute approximate surface area is 252 Å². The minimum absolute atomic E-state index is 0.00103. The molecule has 0 spiro atoms. The van der Waals surface area contributed by atoms with E-state index >= 15 is 0 Å². The first kappa shape index (κ1) is 29.2. The Kier molecular flexibility index (Phi) is 6.94. The van der Waals surface area contributed by atoms with Crippen LogP contribution in [0.15, 0.2) is 60.9 Å². The number of rotatable bonds is 8. The van der Waals surface area contributed by atoms with Gasteiger partial charge in [0.2, 0.25) is 11.7 Å². The van der Waals surface area contributed by atoms with E-state index in [0.717, 1.165) is 0 Å². The summed E-state index contributed by atoms with van der Waals surface area (Å²) in [5.74, 6) is -2.12. The third-order valence-corrected chi connectivity index (χ3v) is 7.15. The maximum atomic E-state index is 14.0. The molecule has 0 aliphatic carbocycles. The Hall–Kier alpha value is -5.86. The number of nitrogen functional groups attached to an aromatic ring is 1. The monoisotopic (exact) mass is 619 g/mol. The van der Waals surface area contributed by atoms with Gasteiger partial charge in [-0.3, -0.25) is 9.59 Å². The number of imide groups is 1. The molecule has 0 saturated carbocycles. The molecule has 45 heavy (non-hydrogen) atoms. The molecule has 0 bridgehead atoms. The first-order valence-electron chi connectivity index (χ1n) is 13.4. The number of urea groups is 1. The zero-order chi connectivity index (χ0) is 32.2. The third kappa shape index (κ3) is 5.17. The summed E-state index contributed by atoms with van der Waals surface area (Å²) in [6.45, 7) is 1.43. The zero-order valence-corrected chi connectivity index (χ0v) is 23.9. The van der Waals surface area contributed by atoms with Crippen molar-refractivity contribution in [2.24, 2.45) is 0 Å². The molecule has 5 aromatic rings. The average Bonchev–Trinajstić information content (AvgIpc) is 3.62. The summed E-state index contributed by atoms with van der Waals surface area (Å²) in [5, 5.41) is 7.02. The highest BCUT2D eigenvalue weighted by atomic mass is 19.3. The van der Waals surface area contributed by atoms with Crippen LogP contribution >= 0.6 is 0 Å². The Morgan fingerprint density at radius 3 is 2.47 bits per heavy atom. The van der Waals surface area contributed by atoms with Crippen molar-refractivity contribution in [2.45, 2.75) is 32.9 Å². The lowest BCUT2D eigenvalue weighted by molar-refractivity contribution is -0.121. The number of nitrogens with two attached hydrogens (primary N) is 1. The lowest BCUT2D eigenvalue weighted by atomic mass is 10.1. The van der Waals surface area contributed by atoms with Gasteiger partial charge in [-0.1, -0.05) is 12.1 Å². The topological polar surface area (TPSA) is 157 Å². The van der Waals surface area contributed by atoms with E-state index in [-0.39, 0.29) is 39.9 Å². The van der Waals surface area contributed by atoms with Crippen molar-refractivity contribution in [2.75, 3.05) is 10.6 Å². The summed E-state index contributed by atoms with van der Waals surface area (Å²) >= 11 is 0. The highest BCUT2D eigenvalue weighted by Gasteiger charge is 2.46. The Morgan fingerprint density at radius 2 is 1.80 bits per heavy atom. The first-order valence-corrected chi connectivity index (χ1v) is 13.4. The predicted molar refractivity (Wildman–Crippen MR) is 155 cm³/mol. The molecule has 4 heterocycles. The van der Waals surface area contributed by atoms with Crippen LogP contribution in [0, 0.1) is 12.7 Å². The number of amides is 3. The van der Waals surface area contributed by atoms with E-state index in [9.17, 15) is 27.6 Å². The summed E-state index contributed by atoms with van der Waals surface area (Å²) in [7, 11) is 0. The van der Waals surface area contributed by atoms with Crippen LogP contribution in [0.25, 0.3) is 16.6 Å². The van der Waals surface area contributed by atoms with Crippen LogP contribution in [0.4, 0.5) is 29.5 Å². The van der Waals surface area contributed by atoms with Crippen molar-refractivity contribution in [3.63, 3.8) is 0 Å². The number of anilines is 2. The number of H-pyrrole nitrogens is 1. The number of hydrogen-bond donors (Lipinski definition) is 3. The van der Waals surface area contributed by atoms with Gasteiger partial charge in [0.25, 0.3) is 5.91 Å². The minimum Gasteiger partial charge on any atom is -0.436 e. The van der Waals surface area contributed by atoms with Gasteiger partial charge in [-0.05, 0) is 56.7 Å². The fraction of sp³-hybridized carbons (Fsp3) is 0.167. The SMILES string of the molecule is Cc1cc(Oc2ccccc2F)ncc1-n1ncc(C(=O)c2cc3cc(OC(F)F)c(N4C(=O)NC(C)(C)C4=O)cc3[nH]2)c1N. The molecular weight excluding hydrogens is 595 g/mol. The fourth-order valence-corrected chi connectivity index (χ4v) is 4.91. The molecule has 6 rings (SSSR count). The third-order valence-electron chi connectivity index (χ3n) is 7.15. The van der Waals surface area contributed by atoms with Crippen LogP contribution in [0.3, 0.4) is 0 Å².